The maximum Gasteiger partial charge on any atom is 0.145 e. The van der Waals surface area contributed by atoms with Gasteiger partial charge in [-0.1, -0.05) is 170 Å². The van der Waals surface area contributed by atoms with Crippen molar-refractivity contribution in [3.8, 4) is 50.5 Å². The molecule has 0 saturated carbocycles. The van der Waals surface area contributed by atoms with Crippen LogP contribution in [0.4, 0.5) is 0 Å². The Morgan fingerprint density at radius 1 is 0.327 bits per heavy atom. The van der Waals surface area contributed by atoms with Crippen molar-refractivity contribution in [2.75, 3.05) is 0 Å². The summed E-state index contributed by atoms with van der Waals surface area (Å²) in [4.78, 5) is 5.44. The van der Waals surface area contributed by atoms with Gasteiger partial charge in [-0.05, 0) is 107 Å². The molecule has 0 bridgehead atoms. The van der Waals surface area contributed by atoms with E-state index >= 15 is 0 Å². The lowest BCUT2D eigenvalue weighted by molar-refractivity contribution is 1.10. The Hall–Kier alpha value is -7.29. The summed E-state index contributed by atoms with van der Waals surface area (Å²) in [7, 11) is 0. The van der Waals surface area contributed by atoms with Crippen LogP contribution in [0.5, 0.6) is 0 Å². The predicted molar refractivity (Wildman–Crippen MR) is 233 cm³/mol. The summed E-state index contributed by atoms with van der Waals surface area (Å²) in [6, 6.07) is 74.7. The Morgan fingerprint density at radius 3 is 1.51 bits per heavy atom. The molecule has 55 heavy (non-hydrogen) atoms. The topological polar surface area (TPSA) is 17.8 Å². The zero-order valence-electron chi connectivity index (χ0n) is 30.0. The molecule has 2 nitrogen and oxygen atoms in total. The van der Waals surface area contributed by atoms with Gasteiger partial charge >= 0.3 is 0 Å². The Balaban J connectivity index is 1.23. The number of nitrogens with zero attached hydrogens (tertiary/aromatic N) is 2. The Morgan fingerprint density at radius 2 is 0.855 bits per heavy atom. The summed E-state index contributed by atoms with van der Waals surface area (Å²) in [6.45, 7) is 0. The average molecular weight is 699 g/mol. The Labute approximate surface area is 319 Å². The van der Waals surface area contributed by atoms with Gasteiger partial charge in [-0.15, -0.1) is 0 Å². The predicted octanol–water partition coefficient (Wildman–Crippen LogP) is 14.3. The van der Waals surface area contributed by atoms with E-state index in [1.54, 1.807) is 0 Å². The van der Waals surface area contributed by atoms with Gasteiger partial charge < -0.3 is 0 Å². The quantitative estimate of drug-likeness (QED) is 0.164. The third-order valence-corrected chi connectivity index (χ3v) is 11.1. The molecule has 11 aromatic rings. The highest BCUT2D eigenvalue weighted by molar-refractivity contribution is 6.23. The molecule has 11 rings (SSSR count). The van der Waals surface area contributed by atoms with Gasteiger partial charge in [0.05, 0.1) is 11.0 Å². The molecule has 0 N–H and O–H groups in total. The number of fused-ring (bicyclic) bond motifs is 5. The van der Waals surface area contributed by atoms with E-state index in [0.717, 1.165) is 39.2 Å². The van der Waals surface area contributed by atoms with Crippen molar-refractivity contribution in [1.82, 2.24) is 9.55 Å². The SMILES string of the molecule is c1ccc(-c2nc3c(-c4ccc5c(-c6ccc7ccccc7c6)c6ccccc6c(-c6ccc7ccccc7c6)c5c4)cccc3n2-c2ccccc2)cc1. The minimum Gasteiger partial charge on any atom is -0.292 e. The molecule has 1 aromatic heterocycles. The molecule has 0 aliphatic carbocycles. The van der Waals surface area contributed by atoms with Gasteiger partial charge in [-0.2, -0.15) is 0 Å². The molecule has 0 radical (unpaired) electrons. The molecule has 0 fully saturated rings. The fourth-order valence-corrected chi connectivity index (χ4v) is 8.61. The fourth-order valence-electron chi connectivity index (χ4n) is 8.61. The smallest absolute Gasteiger partial charge is 0.145 e. The summed E-state index contributed by atoms with van der Waals surface area (Å²) in [5.74, 6) is 0.927. The fraction of sp³-hybridized carbons (Fsp3) is 0. The molecule has 0 aliphatic heterocycles. The first kappa shape index (κ1) is 31.3. The summed E-state index contributed by atoms with van der Waals surface area (Å²) >= 11 is 0. The van der Waals surface area contributed by atoms with Crippen LogP contribution in [0.25, 0.3) is 105 Å². The van der Waals surface area contributed by atoms with E-state index in [9.17, 15) is 0 Å². The van der Waals surface area contributed by atoms with Crippen LogP contribution in [0.1, 0.15) is 0 Å². The number of aromatic nitrogens is 2. The molecule has 2 heteroatoms. The van der Waals surface area contributed by atoms with Gasteiger partial charge in [-0.25, -0.2) is 4.98 Å². The van der Waals surface area contributed by atoms with Gasteiger partial charge in [0, 0.05) is 16.8 Å². The van der Waals surface area contributed by atoms with E-state index in [4.69, 9.17) is 4.98 Å². The molecule has 256 valence electrons. The number of benzene rings is 10. The van der Waals surface area contributed by atoms with E-state index in [-0.39, 0.29) is 0 Å². The van der Waals surface area contributed by atoms with Gasteiger partial charge in [0.1, 0.15) is 5.82 Å². The first-order chi connectivity index (χ1) is 27.3. The minimum atomic E-state index is 0.927. The first-order valence-electron chi connectivity index (χ1n) is 18.9. The van der Waals surface area contributed by atoms with Crippen molar-refractivity contribution in [2.24, 2.45) is 0 Å². The largest absolute Gasteiger partial charge is 0.292 e. The van der Waals surface area contributed by atoms with E-state index < -0.39 is 0 Å². The van der Waals surface area contributed by atoms with Crippen LogP contribution in [0.2, 0.25) is 0 Å². The molecule has 0 atom stereocenters. The Kier molecular flexibility index (Phi) is 7.21. The van der Waals surface area contributed by atoms with Crippen LogP contribution < -0.4 is 0 Å². The number of imidazole rings is 1. The van der Waals surface area contributed by atoms with Crippen LogP contribution >= 0.6 is 0 Å². The van der Waals surface area contributed by atoms with Crippen molar-refractivity contribution in [2.45, 2.75) is 0 Å². The second-order valence-electron chi connectivity index (χ2n) is 14.3. The van der Waals surface area contributed by atoms with Crippen LogP contribution in [0.15, 0.2) is 206 Å². The summed E-state index contributed by atoms with van der Waals surface area (Å²) < 4.78 is 2.29. The number of hydrogen-bond acceptors (Lipinski definition) is 1. The van der Waals surface area contributed by atoms with Crippen molar-refractivity contribution in [1.29, 1.82) is 0 Å². The average Bonchev–Trinajstić information content (AvgIpc) is 3.66. The van der Waals surface area contributed by atoms with Crippen molar-refractivity contribution in [3.63, 3.8) is 0 Å². The second kappa shape index (κ2) is 12.7. The maximum absolute atomic E-state index is 5.44. The third-order valence-electron chi connectivity index (χ3n) is 11.1. The molecule has 1 heterocycles. The molecular weight excluding hydrogens is 665 g/mol. The molecule has 0 spiro atoms. The molecule has 0 aliphatic rings. The highest BCUT2D eigenvalue weighted by Crippen LogP contribution is 2.46. The lowest BCUT2D eigenvalue weighted by Crippen LogP contribution is -1.97. The van der Waals surface area contributed by atoms with Crippen LogP contribution in [-0.2, 0) is 0 Å². The second-order valence-corrected chi connectivity index (χ2v) is 14.3. The highest BCUT2D eigenvalue weighted by Gasteiger charge is 2.21. The van der Waals surface area contributed by atoms with Crippen LogP contribution in [-0.4, -0.2) is 9.55 Å². The van der Waals surface area contributed by atoms with E-state index in [1.807, 2.05) is 0 Å². The number of rotatable bonds is 5. The lowest BCUT2D eigenvalue weighted by atomic mass is 9.84. The molecule has 10 aromatic carbocycles. The lowest BCUT2D eigenvalue weighted by Gasteiger charge is -2.19. The zero-order valence-corrected chi connectivity index (χ0v) is 30.0. The normalized spacial score (nSPS) is 11.6. The summed E-state index contributed by atoms with van der Waals surface area (Å²) in [5.41, 5.74) is 11.4. The zero-order chi connectivity index (χ0) is 36.3. The molecule has 0 amide bonds. The Bertz CT molecular complexity index is 3250. The van der Waals surface area contributed by atoms with Crippen LogP contribution in [0.3, 0.4) is 0 Å². The maximum atomic E-state index is 5.44. The number of hydrogen-bond donors (Lipinski definition) is 0. The van der Waals surface area contributed by atoms with Crippen molar-refractivity contribution < 1.29 is 0 Å². The van der Waals surface area contributed by atoms with E-state index in [2.05, 4.69) is 211 Å². The standard InChI is InChI=1S/C53H34N2/c1-3-16-37(17-4-1)53-54-52-44(24-13-25-49(52)55(53)43-20-5-2-6-21-43)40-30-31-47-48(34-40)51(42-29-27-36-15-8-10-19-39(36)33-42)46-23-12-11-22-45(46)50(47)41-28-26-35-14-7-9-18-38(35)32-41/h1-34H. The number of para-hydroxylation sites is 2. The molecule has 0 unspecified atom stereocenters. The van der Waals surface area contributed by atoms with Gasteiger partial charge in [0.15, 0.2) is 0 Å². The van der Waals surface area contributed by atoms with Gasteiger partial charge in [-0.3, -0.25) is 4.57 Å². The van der Waals surface area contributed by atoms with Gasteiger partial charge in [0.2, 0.25) is 0 Å². The summed E-state index contributed by atoms with van der Waals surface area (Å²) in [5, 5.41) is 9.89. The third kappa shape index (κ3) is 5.15. The minimum absolute atomic E-state index is 0.927. The monoisotopic (exact) mass is 698 g/mol. The van der Waals surface area contributed by atoms with Crippen LogP contribution in [0, 0.1) is 0 Å². The van der Waals surface area contributed by atoms with Crippen molar-refractivity contribution >= 4 is 54.1 Å². The highest BCUT2D eigenvalue weighted by atomic mass is 15.1. The van der Waals surface area contributed by atoms with E-state index in [0.29, 0.717) is 0 Å². The van der Waals surface area contributed by atoms with Gasteiger partial charge in [0.25, 0.3) is 0 Å². The molecule has 0 saturated heterocycles. The van der Waals surface area contributed by atoms with Crippen molar-refractivity contribution in [3.05, 3.63) is 206 Å². The molecular formula is C53H34N2. The van der Waals surface area contributed by atoms with E-state index in [1.165, 1.54) is 65.3 Å². The first-order valence-corrected chi connectivity index (χ1v) is 18.9. The summed E-state index contributed by atoms with van der Waals surface area (Å²) in [6.07, 6.45) is 0.